The molecule has 0 unspecified atom stereocenters. The third-order valence-electron chi connectivity index (χ3n) is 3.53. The van der Waals surface area contributed by atoms with E-state index in [1.807, 2.05) is 6.08 Å². The fraction of sp³-hybridized carbons (Fsp3) is 0.714. The summed E-state index contributed by atoms with van der Waals surface area (Å²) in [4.78, 5) is 0. The van der Waals surface area contributed by atoms with Gasteiger partial charge >= 0.3 is 0 Å². The van der Waals surface area contributed by atoms with Crippen molar-refractivity contribution in [2.75, 3.05) is 0 Å². The molecule has 0 aromatic carbocycles. The summed E-state index contributed by atoms with van der Waals surface area (Å²) in [5.41, 5.74) is 0.122. The van der Waals surface area contributed by atoms with Crippen LogP contribution in [0.3, 0.4) is 0 Å². The summed E-state index contributed by atoms with van der Waals surface area (Å²) in [6.07, 6.45) is 8.58. The van der Waals surface area contributed by atoms with Gasteiger partial charge in [0.25, 0.3) is 0 Å². The van der Waals surface area contributed by atoms with Crippen LogP contribution in [0.1, 0.15) is 47.8 Å². The molecule has 0 spiro atoms. The molecule has 0 aromatic heterocycles. The Morgan fingerprint density at radius 2 is 2.43 bits per heavy atom. The predicted octanol–water partition coefficient (Wildman–Crippen LogP) is 4.58. The van der Waals surface area contributed by atoms with Crippen LogP contribution in [-0.4, -0.2) is 0 Å². The molecule has 0 heteroatoms. The van der Waals surface area contributed by atoms with E-state index in [9.17, 15) is 0 Å². The maximum atomic E-state index is 8.08. The molecule has 0 N–H and O–H groups in total. The molecular weight excluding hydrogens is 168 g/mol. The number of allylic oxidation sites excluding steroid dienone is 3. The highest BCUT2D eigenvalue weighted by atomic mass is 14.4. The van der Waals surface area contributed by atoms with Crippen molar-refractivity contribution in [3.63, 3.8) is 0 Å². The Kier molecular flexibility index (Phi) is 3.44. The van der Waals surface area contributed by atoms with Crippen molar-refractivity contribution in [2.45, 2.75) is 46.5 Å². The minimum Gasteiger partial charge on any atom is -0.103 e. The lowest BCUT2D eigenvalue weighted by molar-refractivity contribution is 0.193. The van der Waals surface area contributed by atoms with Gasteiger partial charge in [0.05, 0.1) is 1.37 Å². The minimum atomic E-state index is 0.122. The molecule has 0 fully saturated rings. The number of hydrogen-bond acceptors (Lipinski definition) is 0. The smallest absolute Gasteiger partial charge is 0.0578 e. The number of rotatable bonds is 5. The van der Waals surface area contributed by atoms with E-state index in [1.165, 1.54) is 6.42 Å². The zero-order chi connectivity index (χ0) is 11.5. The third-order valence-corrected chi connectivity index (χ3v) is 3.53. The van der Waals surface area contributed by atoms with Crippen LogP contribution in [0.4, 0.5) is 0 Å². The van der Waals surface area contributed by atoms with E-state index in [0.717, 1.165) is 25.3 Å². The number of unbranched alkanes of at least 4 members (excludes halogenated alkanes) is 1. The van der Waals surface area contributed by atoms with Gasteiger partial charge in [-0.25, -0.2) is 0 Å². The highest BCUT2D eigenvalue weighted by Crippen LogP contribution is 2.45. The fourth-order valence-corrected chi connectivity index (χ4v) is 2.67. The van der Waals surface area contributed by atoms with E-state index in [4.69, 9.17) is 1.37 Å². The molecule has 1 aliphatic rings. The van der Waals surface area contributed by atoms with Crippen molar-refractivity contribution in [1.82, 2.24) is 0 Å². The first-order valence-electron chi connectivity index (χ1n) is 6.30. The average molecular weight is 193 g/mol. The maximum Gasteiger partial charge on any atom is 0.0578 e. The van der Waals surface area contributed by atoms with Gasteiger partial charge in [0, 0.05) is 0 Å². The largest absolute Gasteiger partial charge is 0.103 e. The maximum absolute atomic E-state index is 8.08. The molecule has 0 bridgehead atoms. The molecule has 80 valence electrons. The lowest BCUT2D eigenvalue weighted by Crippen LogP contribution is -2.25. The van der Waals surface area contributed by atoms with Crippen LogP contribution in [0.25, 0.3) is 0 Å². The summed E-state index contributed by atoms with van der Waals surface area (Å²) < 4.78 is 8.08. The summed E-state index contributed by atoms with van der Waals surface area (Å²) in [5.74, 6) is 1.34. The molecule has 0 aromatic rings. The second-order valence-electron chi connectivity index (χ2n) is 5.03. The Hall–Kier alpha value is -0.520. The molecule has 0 saturated carbocycles. The highest BCUT2D eigenvalue weighted by molar-refractivity contribution is 5.09. The summed E-state index contributed by atoms with van der Waals surface area (Å²) in [6, 6.07) is 0.866. The van der Waals surface area contributed by atoms with Crippen LogP contribution in [-0.2, 0) is 0 Å². The van der Waals surface area contributed by atoms with Crippen molar-refractivity contribution < 1.29 is 1.37 Å². The Morgan fingerprint density at radius 1 is 1.71 bits per heavy atom. The van der Waals surface area contributed by atoms with Crippen LogP contribution in [0.2, 0.25) is 0 Å². The van der Waals surface area contributed by atoms with Crippen molar-refractivity contribution in [1.29, 1.82) is 0 Å². The third kappa shape index (κ3) is 2.50. The van der Waals surface area contributed by atoms with Crippen LogP contribution >= 0.6 is 0 Å². The quantitative estimate of drug-likeness (QED) is 0.443. The van der Waals surface area contributed by atoms with Crippen LogP contribution in [0.5, 0.6) is 0 Å². The van der Waals surface area contributed by atoms with Gasteiger partial charge in [-0.2, -0.15) is 0 Å². The van der Waals surface area contributed by atoms with E-state index in [2.05, 4.69) is 33.4 Å². The van der Waals surface area contributed by atoms with Gasteiger partial charge < -0.3 is 0 Å². The molecule has 0 nitrogen and oxygen atoms in total. The van der Waals surface area contributed by atoms with E-state index >= 15 is 0 Å². The molecule has 0 heterocycles. The molecule has 0 amide bonds. The van der Waals surface area contributed by atoms with Gasteiger partial charge in [-0.1, -0.05) is 39.0 Å². The van der Waals surface area contributed by atoms with Crippen molar-refractivity contribution in [3.8, 4) is 0 Å². The van der Waals surface area contributed by atoms with Crippen molar-refractivity contribution in [2.24, 2.45) is 17.3 Å². The fourth-order valence-electron chi connectivity index (χ4n) is 2.67. The molecule has 0 radical (unpaired) electrons. The lowest BCUT2D eigenvalue weighted by atomic mass is 9.71. The van der Waals surface area contributed by atoms with E-state index in [-0.39, 0.29) is 5.41 Å². The Labute approximate surface area is 90.5 Å². The van der Waals surface area contributed by atoms with Gasteiger partial charge in [-0.05, 0) is 42.9 Å². The summed E-state index contributed by atoms with van der Waals surface area (Å²) in [5, 5.41) is 0. The monoisotopic (exact) mass is 193 g/mol. The van der Waals surface area contributed by atoms with Crippen LogP contribution in [0.15, 0.2) is 24.8 Å². The van der Waals surface area contributed by atoms with E-state index in [0.29, 0.717) is 11.8 Å². The topological polar surface area (TPSA) is 0 Å². The average Bonchev–Trinajstić information content (AvgIpc) is 2.44. The van der Waals surface area contributed by atoms with Crippen molar-refractivity contribution in [3.05, 3.63) is 24.8 Å². The highest BCUT2D eigenvalue weighted by Gasteiger charge is 2.35. The molecular formula is C14H24. The minimum absolute atomic E-state index is 0.122. The molecule has 14 heavy (non-hydrogen) atoms. The Balaban J connectivity index is 2.67. The lowest BCUT2D eigenvalue weighted by Gasteiger charge is -2.33. The summed E-state index contributed by atoms with van der Waals surface area (Å²) in [6.45, 7) is 10.6. The van der Waals surface area contributed by atoms with Gasteiger partial charge in [-0.3, -0.25) is 0 Å². The standard InChI is InChI=1S/C14H24/c1-5-6-7-10-14(4)11-8-9-13(14)12(2)3/h5,8,11-13H,1,6-7,9-10H2,2-4H3/t13-,14+/m1/s1/i11D. The van der Waals surface area contributed by atoms with Gasteiger partial charge in [-0.15, -0.1) is 6.58 Å². The Bertz CT molecular complexity index is 252. The van der Waals surface area contributed by atoms with Gasteiger partial charge in [0.15, 0.2) is 0 Å². The second-order valence-corrected chi connectivity index (χ2v) is 5.03. The first-order chi connectivity index (χ1) is 7.02. The van der Waals surface area contributed by atoms with Gasteiger partial charge in [0.1, 0.15) is 0 Å². The first-order valence-corrected chi connectivity index (χ1v) is 5.80. The van der Waals surface area contributed by atoms with Crippen LogP contribution in [0, 0.1) is 17.3 Å². The number of hydrogen-bond donors (Lipinski definition) is 0. The molecule has 0 aliphatic heterocycles. The van der Waals surface area contributed by atoms with E-state index < -0.39 is 0 Å². The zero-order valence-electron chi connectivity index (χ0n) is 10.8. The van der Waals surface area contributed by atoms with Gasteiger partial charge in [0.2, 0.25) is 0 Å². The zero-order valence-corrected chi connectivity index (χ0v) is 9.84. The van der Waals surface area contributed by atoms with Crippen molar-refractivity contribution >= 4 is 0 Å². The Morgan fingerprint density at radius 3 is 3.00 bits per heavy atom. The van der Waals surface area contributed by atoms with E-state index in [1.54, 1.807) is 0 Å². The second kappa shape index (κ2) is 4.82. The molecule has 0 saturated heterocycles. The normalized spacial score (nSPS) is 33.0. The molecule has 2 atom stereocenters. The SMILES string of the molecule is [2H]C1=CC[C@H](C(C)C)[C@@]1(C)CCCC=C. The summed E-state index contributed by atoms with van der Waals surface area (Å²) in [7, 11) is 0. The predicted molar refractivity (Wildman–Crippen MR) is 64.2 cm³/mol. The first kappa shape index (κ1) is 10.0. The van der Waals surface area contributed by atoms with Crippen LogP contribution < -0.4 is 0 Å². The molecule has 1 aliphatic carbocycles. The molecule has 1 rings (SSSR count). The summed E-state index contributed by atoms with van der Waals surface area (Å²) >= 11 is 0.